The Morgan fingerprint density at radius 3 is 2.76 bits per heavy atom. The van der Waals surface area contributed by atoms with Crippen LogP contribution in [0.15, 0.2) is 48.8 Å². The van der Waals surface area contributed by atoms with Crippen molar-refractivity contribution in [3.63, 3.8) is 0 Å². The van der Waals surface area contributed by atoms with Gasteiger partial charge in [0.25, 0.3) is 0 Å². The number of carbonyl (C=O) groups is 1. The number of hydrogen-bond acceptors (Lipinski definition) is 2. The number of aromatic nitrogens is 2. The van der Waals surface area contributed by atoms with Crippen LogP contribution in [0.2, 0.25) is 0 Å². The van der Waals surface area contributed by atoms with Gasteiger partial charge in [-0.2, -0.15) is 5.10 Å². The van der Waals surface area contributed by atoms with Crippen molar-refractivity contribution in [2.75, 3.05) is 6.54 Å². The fourth-order valence-electron chi connectivity index (χ4n) is 3.14. The third-order valence-corrected chi connectivity index (χ3v) is 4.93. The summed E-state index contributed by atoms with van der Waals surface area (Å²) in [7, 11) is 0. The van der Waals surface area contributed by atoms with E-state index in [1.54, 1.807) is 6.20 Å². The highest BCUT2D eigenvalue weighted by atomic mass is 16.2. The number of hydrogen-bond donors (Lipinski definition) is 1. The van der Waals surface area contributed by atoms with Gasteiger partial charge in [0.15, 0.2) is 0 Å². The number of nitrogens with zero attached hydrogens (tertiary/aromatic N) is 3. The molecule has 1 unspecified atom stereocenters. The summed E-state index contributed by atoms with van der Waals surface area (Å²) in [5.41, 5.74) is 1.18. The molecule has 5 heteroatoms. The lowest BCUT2D eigenvalue weighted by Gasteiger charge is -2.33. The number of rotatable bonds is 8. The fraction of sp³-hybridized carbons (Fsp3) is 0.500. The number of nitrogens with one attached hydrogen (secondary N) is 1. The number of benzene rings is 1. The summed E-state index contributed by atoms with van der Waals surface area (Å²) < 4.78 is 1.90. The molecule has 5 nitrogen and oxygen atoms in total. The van der Waals surface area contributed by atoms with E-state index in [2.05, 4.69) is 29.5 Å². The van der Waals surface area contributed by atoms with Gasteiger partial charge in [-0.05, 0) is 43.7 Å². The van der Waals surface area contributed by atoms with Gasteiger partial charge >= 0.3 is 6.03 Å². The Morgan fingerprint density at radius 1 is 1.32 bits per heavy atom. The second-order valence-electron chi connectivity index (χ2n) is 7.07. The van der Waals surface area contributed by atoms with Crippen LogP contribution in [0, 0.1) is 5.92 Å². The van der Waals surface area contributed by atoms with E-state index in [9.17, 15) is 4.79 Å². The highest BCUT2D eigenvalue weighted by Crippen LogP contribution is 2.27. The monoisotopic (exact) mass is 340 g/mol. The van der Waals surface area contributed by atoms with E-state index in [1.807, 2.05) is 40.0 Å². The maximum Gasteiger partial charge on any atom is 0.317 e. The first kappa shape index (κ1) is 17.5. The third-order valence-electron chi connectivity index (χ3n) is 4.93. The fourth-order valence-corrected chi connectivity index (χ4v) is 3.14. The smallest absolute Gasteiger partial charge is 0.317 e. The van der Waals surface area contributed by atoms with Crippen LogP contribution in [0.1, 0.15) is 38.2 Å². The van der Waals surface area contributed by atoms with Gasteiger partial charge in [0, 0.05) is 38.1 Å². The van der Waals surface area contributed by atoms with E-state index in [4.69, 9.17) is 0 Å². The van der Waals surface area contributed by atoms with Gasteiger partial charge in [-0.3, -0.25) is 4.68 Å². The largest absolute Gasteiger partial charge is 0.335 e. The standard InChI is InChI=1S/C20H28N4O/c1-17(11-14-24-13-6-12-21-24)22-20(25)23(16-19-9-5-10-19)15-18-7-3-2-4-8-18/h2-4,6-8,12-13,17,19H,5,9-11,14-16H2,1H3,(H,22,25). The minimum atomic E-state index is 0.0451. The molecule has 0 radical (unpaired) electrons. The normalized spacial score (nSPS) is 15.4. The van der Waals surface area contributed by atoms with E-state index in [0.717, 1.165) is 19.5 Å². The van der Waals surface area contributed by atoms with Crippen molar-refractivity contribution < 1.29 is 4.79 Å². The molecule has 1 aliphatic rings. The summed E-state index contributed by atoms with van der Waals surface area (Å²) in [6.45, 7) is 4.41. The zero-order valence-electron chi connectivity index (χ0n) is 15.0. The number of amides is 2. The minimum absolute atomic E-state index is 0.0451. The molecular formula is C20H28N4O. The molecule has 2 aromatic rings. The molecule has 1 heterocycles. The van der Waals surface area contributed by atoms with Crippen molar-refractivity contribution in [1.29, 1.82) is 0 Å². The average molecular weight is 340 g/mol. The number of urea groups is 1. The van der Waals surface area contributed by atoms with Crippen molar-refractivity contribution in [3.8, 4) is 0 Å². The maximum absolute atomic E-state index is 12.8. The molecule has 1 fully saturated rings. The van der Waals surface area contributed by atoms with E-state index < -0.39 is 0 Å². The molecule has 0 spiro atoms. The van der Waals surface area contributed by atoms with Crippen molar-refractivity contribution in [3.05, 3.63) is 54.4 Å². The van der Waals surface area contributed by atoms with Crippen LogP contribution in [0.4, 0.5) is 4.79 Å². The first-order valence-corrected chi connectivity index (χ1v) is 9.27. The highest BCUT2D eigenvalue weighted by molar-refractivity contribution is 5.74. The number of aryl methyl sites for hydroxylation is 1. The van der Waals surface area contributed by atoms with Gasteiger partial charge in [0.05, 0.1) is 0 Å². The van der Waals surface area contributed by atoms with Gasteiger partial charge in [0.1, 0.15) is 0 Å². The molecule has 25 heavy (non-hydrogen) atoms. The van der Waals surface area contributed by atoms with Gasteiger partial charge < -0.3 is 10.2 Å². The number of carbonyl (C=O) groups excluding carboxylic acids is 1. The average Bonchev–Trinajstić information content (AvgIpc) is 3.09. The Kier molecular flexibility index (Phi) is 6.09. The second-order valence-corrected chi connectivity index (χ2v) is 7.07. The summed E-state index contributed by atoms with van der Waals surface area (Å²) >= 11 is 0. The van der Waals surface area contributed by atoms with Crippen LogP contribution in [-0.4, -0.2) is 33.3 Å². The molecule has 1 saturated carbocycles. The van der Waals surface area contributed by atoms with Crippen molar-refractivity contribution >= 4 is 6.03 Å². The zero-order chi connectivity index (χ0) is 17.5. The minimum Gasteiger partial charge on any atom is -0.335 e. The quantitative estimate of drug-likeness (QED) is 0.797. The summed E-state index contributed by atoms with van der Waals surface area (Å²) in [5.74, 6) is 0.661. The SMILES string of the molecule is CC(CCn1cccn1)NC(=O)N(Cc1ccccc1)CC1CCC1. The predicted molar refractivity (Wildman–Crippen MR) is 99.0 cm³/mol. The first-order chi connectivity index (χ1) is 12.2. The van der Waals surface area contributed by atoms with Crippen LogP contribution in [0.5, 0.6) is 0 Å². The first-order valence-electron chi connectivity index (χ1n) is 9.27. The van der Waals surface area contributed by atoms with E-state index in [1.165, 1.54) is 24.8 Å². The lowest BCUT2D eigenvalue weighted by atomic mass is 9.85. The molecule has 3 rings (SSSR count). The van der Waals surface area contributed by atoms with Crippen LogP contribution >= 0.6 is 0 Å². The van der Waals surface area contributed by atoms with Crippen LogP contribution < -0.4 is 5.32 Å². The van der Waals surface area contributed by atoms with E-state index in [-0.39, 0.29) is 12.1 Å². The molecule has 134 valence electrons. The molecule has 1 aliphatic carbocycles. The molecular weight excluding hydrogens is 312 g/mol. The summed E-state index contributed by atoms with van der Waals surface area (Å²) in [4.78, 5) is 14.8. The van der Waals surface area contributed by atoms with Crippen molar-refractivity contribution in [1.82, 2.24) is 20.0 Å². The molecule has 0 bridgehead atoms. The summed E-state index contributed by atoms with van der Waals surface area (Å²) in [6.07, 6.45) is 8.39. The zero-order valence-corrected chi connectivity index (χ0v) is 15.0. The van der Waals surface area contributed by atoms with Gasteiger partial charge in [-0.15, -0.1) is 0 Å². The Labute approximate surface area is 150 Å². The lowest BCUT2D eigenvalue weighted by Crippen LogP contribution is -2.46. The Morgan fingerprint density at radius 2 is 2.12 bits per heavy atom. The van der Waals surface area contributed by atoms with Gasteiger partial charge in [-0.1, -0.05) is 36.8 Å². The van der Waals surface area contributed by atoms with Crippen LogP contribution in [0.3, 0.4) is 0 Å². The Hall–Kier alpha value is -2.30. The maximum atomic E-state index is 12.8. The third kappa shape index (κ3) is 5.34. The molecule has 0 aliphatic heterocycles. The van der Waals surface area contributed by atoms with Crippen LogP contribution in [0.25, 0.3) is 0 Å². The van der Waals surface area contributed by atoms with Crippen LogP contribution in [-0.2, 0) is 13.1 Å². The van der Waals surface area contributed by atoms with Gasteiger partial charge in [0.2, 0.25) is 0 Å². The van der Waals surface area contributed by atoms with E-state index >= 15 is 0 Å². The second kappa shape index (κ2) is 8.70. The molecule has 0 saturated heterocycles. The Bertz CT molecular complexity index is 637. The molecule has 1 aromatic carbocycles. The van der Waals surface area contributed by atoms with Gasteiger partial charge in [-0.25, -0.2) is 4.79 Å². The summed E-state index contributed by atoms with van der Waals surface area (Å²) in [5, 5.41) is 7.37. The lowest BCUT2D eigenvalue weighted by molar-refractivity contribution is 0.161. The molecule has 2 amide bonds. The van der Waals surface area contributed by atoms with Crippen molar-refractivity contribution in [2.24, 2.45) is 5.92 Å². The molecule has 1 atom stereocenters. The molecule has 1 N–H and O–H groups in total. The predicted octanol–water partition coefficient (Wildman–Crippen LogP) is 3.67. The van der Waals surface area contributed by atoms with Crippen molar-refractivity contribution in [2.45, 2.75) is 51.7 Å². The van der Waals surface area contributed by atoms with E-state index in [0.29, 0.717) is 12.5 Å². The Balaban J connectivity index is 1.53. The molecule has 1 aromatic heterocycles. The topological polar surface area (TPSA) is 50.2 Å². The summed E-state index contributed by atoms with van der Waals surface area (Å²) in [6, 6.07) is 12.3. The highest BCUT2D eigenvalue weighted by Gasteiger charge is 2.24.